The van der Waals surface area contributed by atoms with Crippen molar-refractivity contribution in [1.29, 1.82) is 0 Å². The molecule has 3 N–H and O–H groups in total. The molecule has 1 heterocycles. The van der Waals surface area contributed by atoms with Crippen molar-refractivity contribution in [2.24, 2.45) is 5.73 Å². The lowest BCUT2D eigenvalue weighted by Crippen LogP contribution is -2.44. The van der Waals surface area contributed by atoms with Crippen molar-refractivity contribution in [2.75, 3.05) is 19.6 Å². The highest BCUT2D eigenvalue weighted by Crippen LogP contribution is 2.10. The first-order chi connectivity index (χ1) is 7.08. The third-order valence-electron chi connectivity index (χ3n) is 2.67. The maximum absolute atomic E-state index is 10.8. The Bertz CT molecular complexity index is 235. The summed E-state index contributed by atoms with van der Waals surface area (Å²) < 4.78 is 0. The molecule has 0 radical (unpaired) electrons. The van der Waals surface area contributed by atoms with Crippen LogP contribution in [-0.2, 0) is 9.59 Å². The minimum Gasteiger partial charge on any atom is -0.370 e. The van der Waals surface area contributed by atoms with Crippen LogP contribution in [0.15, 0.2) is 0 Å². The van der Waals surface area contributed by atoms with E-state index in [-0.39, 0.29) is 11.8 Å². The molecule has 1 saturated heterocycles. The van der Waals surface area contributed by atoms with E-state index in [1.807, 2.05) is 0 Å². The minimum absolute atomic E-state index is 0.0329. The van der Waals surface area contributed by atoms with Gasteiger partial charge in [0, 0.05) is 39.0 Å². The summed E-state index contributed by atoms with van der Waals surface area (Å²) in [5.74, 6) is -0.218. The Morgan fingerprint density at radius 2 is 2.00 bits per heavy atom. The van der Waals surface area contributed by atoms with E-state index in [1.165, 1.54) is 0 Å². The van der Waals surface area contributed by atoms with Crippen molar-refractivity contribution in [1.82, 2.24) is 10.2 Å². The number of primary amides is 1. The molecule has 0 aromatic carbocycles. The predicted octanol–water partition coefficient (Wildman–Crippen LogP) is -0.538. The van der Waals surface area contributed by atoms with Crippen LogP contribution in [0, 0.1) is 0 Å². The van der Waals surface area contributed by atoms with Crippen molar-refractivity contribution >= 4 is 11.8 Å². The van der Waals surface area contributed by atoms with E-state index in [4.69, 9.17) is 5.73 Å². The summed E-state index contributed by atoms with van der Waals surface area (Å²) in [6.07, 6.45) is 2.33. The van der Waals surface area contributed by atoms with Crippen molar-refractivity contribution in [3.63, 3.8) is 0 Å². The zero-order valence-corrected chi connectivity index (χ0v) is 9.16. The van der Waals surface area contributed by atoms with Gasteiger partial charge in [-0.15, -0.1) is 0 Å². The molecular formula is C10H19N3O2. The molecule has 1 aliphatic rings. The van der Waals surface area contributed by atoms with E-state index in [1.54, 1.807) is 6.92 Å². The smallest absolute Gasteiger partial charge is 0.218 e. The number of amides is 2. The molecule has 1 fully saturated rings. The molecule has 0 spiro atoms. The van der Waals surface area contributed by atoms with E-state index in [2.05, 4.69) is 10.2 Å². The fourth-order valence-electron chi connectivity index (χ4n) is 1.86. The van der Waals surface area contributed by atoms with Gasteiger partial charge < -0.3 is 16.0 Å². The van der Waals surface area contributed by atoms with Crippen LogP contribution in [0.3, 0.4) is 0 Å². The van der Waals surface area contributed by atoms with E-state index in [0.717, 1.165) is 32.5 Å². The molecule has 0 unspecified atom stereocenters. The van der Waals surface area contributed by atoms with Gasteiger partial charge in [0.05, 0.1) is 0 Å². The molecule has 1 aliphatic heterocycles. The third-order valence-corrected chi connectivity index (χ3v) is 2.67. The fraction of sp³-hybridized carbons (Fsp3) is 0.800. The summed E-state index contributed by atoms with van der Waals surface area (Å²) in [6.45, 7) is 4.14. The Balaban J connectivity index is 2.18. The number of carbonyl (C=O) groups excluding carboxylic acids is 2. The van der Waals surface area contributed by atoms with Gasteiger partial charge in [0.1, 0.15) is 0 Å². The number of hydrogen-bond donors (Lipinski definition) is 2. The van der Waals surface area contributed by atoms with Gasteiger partial charge in [-0.2, -0.15) is 0 Å². The summed E-state index contributed by atoms with van der Waals surface area (Å²) in [6, 6.07) is 0.298. The Morgan fingerprint density at radius 1 is 1.40 bits per heavy atom. The lowest BCUT2D eigenvalue weighted by Gasteiger charge is -2.31. The van der Waals surface area contributed by atoms with Gasteiger partial charge in [0.2, 0.25) is 11.8 Å². The van der Waals surface area contributed by atoms with Gasteiger partial charge in [-0.05, 0) is 12.8 Å². The van der Waals surface area contributed by atoms with E-state index < -0.39 is 0 Å². The number of nitrogens with zero attached hydrogens (tertiary/aromatic N) is 1. The summed E-state index contributed by atoms with van der Waals surface area (Å²) in [5.41, 5.74) is 5.08. The second kappa shape index (κ2) is 5.70. The molecule has 0 aliphatic carbocycles. The molecule has 0 bridgehead atoms. The first-order valence-electron chi connectivity index (χ1n) is 5.35. The monoisotopic (exact) mass is 213 g/mol. The van der Waals surface area contributed by atoms with Gasteiger partial charge in [-0.1, -0.05) is 0 Å². The molecule has 0 aromatic rings. The minimum atomic E-state index is -0.251. The molecule has 15 heavy (non-hydrogen) atoms. The Labute approximate surface area is 90.0 Å². The van der Waals surface area contributed by atoms with Gasteiger partial charge in [0.15, 0.2) is 0 Å². The van der Waals surface area contributed by atoms with Crippen LogP contribution in [0.25, 0.3) is 0 Å². The summed E-state index contributed by atoms with van der Waals surface area (Å²) in [4.78, 5) is 23.6. The number of piperidine rings is 1. The topological polar surface area (TPSA) is 75.4 Å². The highest BCUT2D eigenvalue weighted by Gasteiger charge is 2.19. The summed E-state index contributed by atoms with van der Waals surface area (Å²) in [5, 5.41) is 2.91. The highest BCUT2D eigenvalue weighted by molar-refractivity contribution is 5.74. The first-order valence-corrected chi connectivity index (χ1v) is 5.35. The normalized spacial score (nSPS) is 18.7. The number of carbonyl (C=O) groups is 2. The van der Waals surface area contributed by atoms with Gasteiger partial charge in [0.25, 0.3) is 0 Å². The SMILES string of the molecule is CC(=O)NC1CCN(CCC(N)=O)CC1. The number of likely N-dealkylation sites (tertiary alicyclic amines) is 1. The Morgan fingerprint density at radius 3 is 2.47 bits per heavy atom. The zero-order valence-electron chi connectivity index (χ0n) is 9.16. The second-order valence-electron chi connectivity index (χ2n) is 4.03. The average molecular weight is 213 g/mol. The summed E-state index contributed by atoms with van der Waals surface area (Å²) >= 11 is 0. The van der Waals surface area contributed by atoms with Crippen molar-refractivity contribution in [3.05, 3.63) is 0 Å². The zero-order chi connectivity index (χ0) is 11.3. The van der Waals surface area contributed by atoms with Crippen LogP contribution in [0.2, 0.25) is 0 Å². The average Bonchev–Trinajstić information content (AvgIpc) is 2.16. The van der Waals surface area contributed by atoms with Crippen LogP contribution in [-0.4, -0.2) is 42.4 Å². The van der Waals surface area contributed by atoms with Crippen LogP contribution >= 0.6 is 0 Å². The maximum Gasteiger partial charge on any atom is 0.218 e. The largest absolute Gasteiger partial charge is 0.370 e. The van der Waals surface area contributed by atoms with Crippen molar-refractivity contribution < 1.29 is 9.59 Å². The lowest BCUT2D eigenvalue weighted by molar-refractivity contribution is -0.120. The molecule has 86 valence electrons. The first kappa shape index (κ1) is 12.0. The molecule has 0 atom stereocenters. The van der Waals surface area contributed by atoms with E-state index in [9.17, 15) is 9.59 Å². The van der Waals surface area contributed by atoms with E-state index in [0.29, 0.717) is 12.5 Å². The standard InChI is InChI=1S/C10H19N3O2/c1-8(14)12-9-2-5-13(6-3-9)7-4-10(11)15/h9H,2-7H2,1H3,(H2,11,15)(H,12,14). The van der Waals surface area contributed by atoms with E-state index >= 15 is 0 Å². The third kappa shape index (κ3) is 4.78. The quantitative estimate of drug-likeness (QED) is 0.658. The fourth-order valence-corrected chi connectivity index (χ4v) is 1.86. The van der Waals surface area contributed by atoms with Crippen molar-refractivity contribution in [3.8, 4) is 0 Å². The Kier molecular flexibility index (Phi) is 4.55. The van der Waals surface area contributed by atoms with Gasteiger partial charge in [-0.3, -0.25) is 9.59 Å². The predicted molar refractivity (Wildman–Crippen MR) is 57.1 cm³/mol. The second-order valence-corrected chi connectivity index (χ2v) is 4.03. The lowest BCUT2D eigenvalue weighted by atomic mass is 10.0. The van der Waals surface area contributed by atoms with Crippen LogP contribution in [0.5, 0.6) is 0 Å². The maximum atomic E-state index is 10.8. The molecule has 2 amide bonds. The number of hydrogen-bond acceptors (Lipinski definition) is 3. The van der Waals surface area contributed by atoms with Crippen molar-refractivity contribution in [2.45, 2.75) is 32.2 Å². The van der Waals surface area contributed by atoms with Gasteiger partial charge in [-0.25, -0.2) is 0 Å². The Hall–Kier alpha value is -1.10. The number of nitrogens with one attached hydrogen (secondary N) is 1. The highest BCUT2D eigenvalue weighted by atomic mass is 16.1. The van der Waals surface area contributed by atoms with Crippen LogP contribution < -0.4 is 11.1 Å². The number of rotatable bonds is 4. The van der Waals surface area contributed by atoms with Crippen LogP contribution in [0.1, 0.15) is 26.2 Å². The molecular weight excluding hydrogens is 194 g/mol. The molecule has 5 nitrogen and oxygen atoms in total. The molecule has 5 heteroatoms. The summed E-state index contributed by atoms with van der Waals surface area (Å²) in [7, 11) is 0. The molecule has 0 saturated carbocycles. The van der Waals surface area contributed by atoms with Crippen LogP contribution in [0.4, 0.5) is 0 Å². The number of nitrogens with two attached hydrogens (primary N) is 1. The molecule has 0 aromatic heterocycles. The van der Waals surface area contributed by atoms with Gasteiger partial charge >= 0.3 is 0 Å². The molecule has 1 rings (SSSR count).